The molecule has 98 valence electrons. The summed E-state index contributed by atoms with van der Waals surface area (Å²) in [5.74, 6) is 0. The molecule has 0 aliphatic rings. The van der Waals surface area contributed by atoms with Gasteiger partial charge in [0.1, 0.15) is 5.69 Å². The third-order valence-electron chi connectivity index (χ3n) is 2.51. The predicted octanol–water partition coefficient (Wildman–Crippen LogP) is 4.23. The average molecular weight is 286 g/mol. The Labute approximate surface area is 111 Å². The molecule has 2 aromatic rings. The third kappa shape index (κ3) is 2.93. The first kappa shape index (κ1) is 13.5. The molecule has 0 aliphatic carbocycles. The second-order valence-corrected chi connectivity index (χ2v) is 4.19. The zero-order chi connectivity index (χ0) is 14.0. The molecule has 1 heterocycles. The molecule has 0 bridgehead atoms. The average Bonchev–Trinajstić information content (AvgIpc) is 2.38. The third-order valence-corrected chi connectivity index (χ3v) is 2.85. The van der Waals surface area contributed by atoms with Gasteiger partial charge in [-0.15, -0.1) is 0 Å². The van der Waals surface area contributed by atoms with Crippen LogP contribution in [-0.4, -0.2) is 11.3 Å². The highest BCUT2D eigenvalue weighted by molar-refractivity contribution is 6.33. The van der Waals surface area contributed by atoms with Crippen molar-refractivity contribution in [2.75, 3.05) is 0 Å². The van der Waals surface area contributed by atoms with Gasteiger partial charge in [0, 0.05) is 17.3 Å². The first-order valence-electron chi connectivity index (χ1n) is 5.20. The summed E-state index contributed by atoms with van der Waals surface area (Å²) in [4.78, 5) is 14.1. The van der Waals surface area contributed by atoms with E-state index in [-0.39, 0.29) is 5.56 Å². The summed E-state index contributed by atoms with van der Waals surface area (Å²) >= 11 is 5.77. The lowest BCUT2D eigenvalue weighted by molar-refractivity contribution is -0.141. The molecular formula is C13H7ClF3NO. The van der Waals surface area contributed by atoms with Gasteiger partial charge in [-0.2, -0.15) is 13.2 Å². The zero-order valence-corrected chi connectivity index (χ0v) is 10.2. The highest BCUT2D eigenvalue weighted by atomic mass is 35.5. The first-order valence-corrected chi connectivity index (χ1v) is 5.58. The van der Waals surface area contributed by atoms with Gasteiger partial charge in [-0.25, -0.2) is 0 Å². The smallest absolute Gasteiger partial charge is 0.298 e. The molecule has 0 radical (unpaired) electrons. The van der Waals surface area contributed by atoms with E-state index in [2.05, 4.69) is 4.98 Å². The van der Waals surface area contributed by atoms with E-state index in [1.165, 1.54) is 18.2 Å². The van der Waals surface area contributed by atoms with Crippen LogP contribution in [0.2, 0.25) is 5.02 Å². The minimum atomic E-state index is -4.47. The van der Waals surface area contributed by atoms with E-state index in [1.54, 1.807) is 6.07 Å². The predicted molar refractivity (Wildman–Crippen MR) is 65.1 cm³/mol. The van der Waals surface area contributed by atoms with Crippen LogP contribution in [0.1, 0.15) is 16.1 Å². The second-order valence-electron chi connectivity index (χ2n) is 3.78. The monoisotopic (exact) mass is 285 g/mol. The molecule has 0 spiro atoms. The summed E-state index contributed by atoms with van der Waals surface area (Å²) in [5, 5.41) is 0.290. The van der Waals surface area contributed by atoms with Crippen LogP contribution in [0.15, 0.2) is 36.5 Å². The van der Waals surface area contributed by atoms with Gasteiger partial charge in [-0.05, 0) is 23.8 Å². The summed E-state index contributed by atoms with van der Waals surface area (Å²) in [6, 6.07) is 6.82. The largest absolute Gasteiger partial charge is 0.433 e. The van der Waals surface area contributed by atoms with Crippen LogP contribution in [0, 0.1) is 0 Å². The van der Waals surface area contributed by atoms with Crippen molar-refractivity contribution in [3.63, 3.8) is 0 Å². The van der Waals surface area contributed by atoms with Crippen molar-refractivity contribution in [3.8, 4) is 11.1 Å². The fourth-order valence-corrected chi connectivity index (χ4v) is 1.71. The number of halogens is 4. The van der Waals surface area contributed by atoms with E-state index >= 15 is 0 Å². The topological polar surface area (TPSA) is 30.0 Å². The molecule has 0 saturated carbocycles. The van der Waals surface area contributed by atoms with Crippen LogP contribution in [0.4, 0.5) is 13.2 Å². The van der Waals surface area contributed by atoms with Crippen LogP contribution in [-0.2, 0) is 6.18 Å². The minimum absolute atomic E-state index is 0.277. The molecule has 6 heteroatoms. The first-order chi connectivity index (χ1) is 8.91. The van der Waals surface area contributed by atoms with E-state index in [0.717, 1.165) is 12.3 Å². The van der Waals surface area contributed by atoms with Crippen molar-refractivity contribution in [2.45, 2.75) is 6.18 Å². The number of carbonyl (C=O) groups excluding carboxylic acids is 1. The fourth-order valence-electron chi connectivity index (χ4n) is 1.55. The maximum atomic E-state index is 12.4. The lowest BCUT2D eigenvalue weighted by Crippen LogP contribution is -2.07. The van der Waals surface area contributed by atoms with E-state index in [9.17, 15) is 18.0 Å². The molecule has 0 saturated heterocycles. The minimum Gasteiger partial charge on any atom is -0.298 e. The van der Waals surface area contributed by atoms with Crippen LogP contribution in [0.25, 0.3) is 11.1 Å². The highest BCUT2D eigenvalue weighted by Crippen LogP contribution is 2.29. The molecule has 2 nitrogen and oxygen atoms in total. The number of aromatic nitrogens is 1. The quantitative estimate of drug-likeness (QED) is 0.773. The number of hydrogen-bond acceptors (Lipinski definition) is 2. The van der Waals surface area contributed by atoms with Crippen LogP contribution in [0.5, 0.6) is 0 Å². The lowest BCUT2D eigenvalue weighted by atomic mass is 10.0. The van der Waals surface area contributed by atoms with Crippen molar-refractivity contribution in [1.82, 2.24) is 4.98 Å². The van der Waals surface area contributed by atoms with Gasteiger partial charge in [0.15, 0.2) is 6.29 Å². The molecule has 2 rings (SSSR count). The molecule has 19 heavy (non-hydrogen) atoms. The van der Waals surface area contributed by atoms with Gasteiger partial charge < -0.3 is 0 Å². The van der Waals surface area contributed by atoms with Gasteiger partial charge in [-0.1, -0.05) is 23.7 Å². The number of aldehydes is 1. The Kier molecular flexibility index (Phi) is 3.57. The number of carbonyl (C=O) groups is 1. The molecule has 0 aliphatic heterocycles. The van der Waals surface area contributed by atoms with Gasteiger partial charge in [-0.3, -0.25) is 9.78 Å². The van der Waals surface area contributed by atoms with Gasteiger partial charge >= 0.3 is 6.18 Å². The zero-order valence-electron chi connectivity index (χ0n) is 9.41. The van der Waals surface area contributed by atoms with E-state index in [1.807, 2.05) is 0 Å². The Morgan fingerprint density at radius 3 is 2.32 bits per heavy atom. The number of nitrogens with zero attached hydrogens (tertiary/aromatic N) is 1. The molecular weight excluding hydrogens is 279 g/mol. The number of rotatable bonds is 2. The van der Waals surface area contributed by atoms with Gasteiger partial charge in [0.25, 0.3) is 0 Å². The van der Waals surface area contributed by atoms with Crippen LogP contribution >= 0.6 is 11.6 Å². The molecule has 1 aromatic heterocycles. The molecule has 0 unspecified atom stereocenters. The normalized spacial score (nSPS) is 11.4. The Morgan fingerprint density at radius 1 is 1.11 bits per heavy atom. The molecule has 0 atom stereocenters. The molecule has 0 N–H and O–H groups in total. The summed E-state index contributed by atoms with van der Waals surface area (Å²) in [6.07, 6.45) is -2.77. The number of alkyl halides is 3. The van der Waals surface area contributed by atoms with Gasteiger partial charge in [0.2, 0.25) is 0 Å². The van der Waals surface area contributed by atoms with E-state index in [0.29, 0.717) is 22.4 Å². The number of pyridine rings is 1. The Balaban J connectivity index is 2.40. The molecule has 1 aromatic carbocycles. The number of hydrogen-bond donors (Lipinski definition) is 0. The Morgan fingerprint density at radius 2 is 1.79 bits per heavy atom. The van der Waals surface area contributed by atoms with Crippen LogP contribution < -0.4 is 0 Å². The van der Waals surface area contributed by atoms with Crippen molar-refractivity contribution in [1.29, 1.82) is 0 Å². The second kappa shape index (κ2) is 5.01. The maximum absolute atomic E-state index is 12.4. The Bertz CT molecular complexity index is 608. The Hall–Kier alpha value is -1.88. The fraction of sp³-hybridized carbons (Fsp3) is 0.0769. The summed E-state index contributed by atoms with van der Waals surface area (Å²) < 4.78 is 37.1. The summed E-state index contributed by atoms with van der Waals surface area (Å²) in [6.45, 7) is 0. The van der Waals surface area contributed by atoms with Gasteiger partial charge in [0.05, 0.1) is 5.02 Å². The molecule has 0 fully saturated rings. The highest BCUT2D eigenvalue weighted by Gasteiger charge is 2.32. The summed E-state index contributed by atoms with van der Waals surface area (Å²) in [5.41, 5.74) is 0.375. The van der Waals surface area contributed by atoms with Crippen molar-refractivity contribution in [3.05, 3.63) is 52.8 Å². The maximum Gasteiger partial charge on any atom is 0.433 e. The lowest BCUT2D eigenvalue weighted by Gasteiger charge is -2.07. The SMILES string of the molecule is O=Cc1cc(-c2ccc(C(F)(F)F)nc2)ccc1Cl. The summed E-state index contributed by atoms with van der Waals surface area (Å²) in [7, 11) is 0. The van der Waals surface area contributed by atoms with E-state index < -0.39 is 11.9 Å². The van der Waals surface area contributed by atoms with Crippen molar-refractivity contribution < 1.29 is 18.0 Å². The number of benzene rings is 1. The van der Waals surface area contributed by atoms with Crippen molar-refractivity contribution in [2.24, 2.45) is 0 Å². The standard InChI is InChI=1S/C13H7ClF3NO/c14-11-3-1-8(5-10(11)7-19)9-2-4-12(18-6-9)13(15,16)17/h1-7H. The molecule has 0 amide bonds. The van der Waals surface area contributed by atoms with Crippen molar-refractivity contribution >= 4 is 17.9 Å². The van der Waals surface area contributed by atoms with E-state index in [4.69, 9.17) is 11.6 Å². The van der Waals surface area contributed by atoms with Crippen LogP contribution in [0.3, 0.4) is 0 Å².